The first-order chi connectivity index (χ1) is 8.76. The van der Waals surface area contributed by atoms with Crippen LogP contribution in [-0.2, 0) is 16.0 Å². The van der Waals surface area contributed by atoms with Gasteiger partial charge in [0.05, 0.1) is 17.8 Å². The Balaban J connectivity index is 2.66. The molecule has 1 aromatic rings. The van der Waals surface area contributed by atoms with Gasteiger partial charge in [0.25, 0.3) is 0 Å². The second kappa shape index (κ2) is 8.34. The normalized spacial score (nSPS) is 11.8. The maximum absolute atomic E-state index is 11.2. The Labute approximate surface area is 112 Å². The molecule has 0 saturated carbocycles. The van der Waals surface area contributed by atoms with E-state index in [0.717, 1.165) is 5.56 Å². The summed E-state index contributed by atoms with van der Waals surface area (Å²) < 4.78 is 4.81. The van der Waals surface area contributed by atoms with Crippen LogP contribution in [0.3, 0.4) is 0 Å². The fraction of sp³-hybridized carbons (Fsp3) is 0.286. The van der Waals surface area contributed by atoms with Crippen molar-refractivity contribution in [3.05, 3.63) is 48.0 Å². The zero-order chi connectivity index (χ0) is 13.2. The zero-order valence-electron chi connectivity index (χ0n) is 10.2. The highest BCUT2D eigenvalue weighted by molar-refractivity contribution is 7.78. The number of thiocarbonyl (C=S) groups is 1. The standard InChI is InChI=1S/C14H15NO2S/c1-2-17-14(16)9-8-13(15-11-18)10-12-6-4-3-5-7-12/h3-9,13H,2,10H2,1H3/b9-8+. The predicted molar refractivity (Wildman–Crippen MR) is 74.7 cm³/mol. The minimum atomic E-state index is -0.366. The van der Waals surface area contributed by atoms with Gasteiger partial charge >= 0.3 is 5.97 Å². The molecule has 0 aliphatic rings. The number of benzene rings is 1. The molecular formula is C14H15NO2S. The number of hydrogen-bond donors (Lipinski definition) is 0. The lowest BCUT2D eigenvalue weighted by Crippen LogP contribution is -2.07. The Hall–Kier alpha value is -1.77. The molecule has 0 N–H and O–H groups in total. The highest BCUT2D eigenvalue weighted by atomic mass is 32.1. The summed E-state index contributed by atoms with van der Waals surface area (Å²) >= 11 is 4.61. The average molecular weight is 261 g/mol. The van der Waals surface area contributed by atoms with E-state index in [1.807, 2.05) is 30.3 Å². The summed E-state index contributed by atoms with van der Waals surface area (Å²) in [5, 5.41) is 2.35. The van der Waals surface area contributed by atoms with Gasteiger partial charge in [0, 0.05) is 6.08 Å². The molecule has 0 bridgehead atoms. The van der Waals surface area contributed by atoms with E-state index in [1.54, 1.807) is 13.0 Å². The van der Waals surface area contributed by atoms with Gasteiger partial charge in [-0.2, -0.15) is 0 Å². The lowest BCUT2D eigenvalue weighted by atomic mass is 10.1. The summed E-state index contributed by atoms with van der Waals surface area (Å²) in [4.78, 5) is 15.2. The Morgan fingerprint density at radius 2 is 2.22 bits per heavy atom. The fourth-order valence-electron chi connectivity index (χ4n) is 1.46. The first kappa shape index (κ1) is 14.3. The highest BCUT2D eigenvalue weighted by Crippen LogP contribution is 2.07. The van der Waals surface area contributed by atoms with Crippen LogP contribution in [0.25, 0.3) is 0 Å². The first-order valence-corrected chi connectivity index (χ1v) is 6.13. The average Bonchev–Trinajstić information content (AvgIpc) is 2.38. The number of aliphatic imine (C=N–C) groups is 1. The van der Waals surface area contributed by atoms with Crippen molar-refractivity contribution in [2.45, 2.75) is 19.4 Å². The van der Waals surface area contributed by atoms with Gasteiger partial charge in [-0.3, -0.25) is 0 Å². The predicted octanol–water partition coefficient (Wildman–Crippen LogP) is 2.82. The van der Waals surface area contributed by atoms with Gasteiger partial charge in [-0.25, -0.2) is 9.79 Å². The van der Waals surface area contributed by atoms with Crippen LogP contribution in [-0.4, -0.2) is 23.8 Å². The zero-order valence-corrected chi connectivity index (χ0v) is 11.0. The van der Waals surface area contributed by atoms with Gasteiger partial charge in [-0.1, -0.05) is 36.4 Å². The molecule has 18 heavy (non-hydrogen) atoms. The van der Waals surface area contributed by atoms with Gasteiger partial charge in [-0.05, 0) is 31.1 Å². The summed E-state index contributed by atoms with van der Waals surface area (Å²) in [5.74, 6) is -0.366. The number of ether oxygens (including phenoxy) is 1. The van der Waals surface area contributed by atoms with Crippen molar-refractivity contribution in [1.82, 2.24) is 0 Å². The molecular weight excluding hydrogens is 246 g/mol. The molecule has 4 heteroatoms. The van der Waals surface area contributed by atoms with E-state index >= 15 is 0 Å². The third-order valence-corrected chi connectivity index (χ3v) is 2.35. The lowest BCUT2D eigenvalue weighted by molar-refractivity contribution is -0.137. The van der Waals surface area contributed by atoms with Gasteiger partial charge in [-0.15, -0.1) is 0 Å². The molecule has 0 spiro atoms. The number of carbonyl (C=O) groups excluding carboxylic acids is 1. The SMILES string of the molecule is CCOC(=O)/C=C/C(Cc1ccccc1)N=C=S. The number of rotatable bonds is 6. The Kier molecular flexibility index (Phi) is 6.62. The van der Waals surface area contributed by atoms with Gasteiger partial charge in [0.2, 0.25) is 0 Å². The van der Waals surface area contributed by atoms with E-state index in [4.69, 9.17) is 4.74 Å². The van der Waals surface area contributed by atoms with Gasteiger partial charge in [0.15, 0.2) is 0 Å². The molecule has 3 nitrogen and oxygen atoms in total. The van der Waals surface area contributed by atoms with Crippen LogP contribution in [0, 0.1) is 0 Å². The molecule has 0 fully saturated rings. The number of nitrogens with zero attached hydrogens (tertiary/aromatic N) is 1. The van der Waals surface area contributed by atoms with Crippen LogP contribution in [0.4, 0.5) is 0 Å². The topological polar surface area (TPSA) is 38.7 Å². The van der Waals surface area contributed by atoms with Crippen molar-refractivity contribution in [3.8, 4) is 0 Å². The smallest absolute Gasteiger partial charge is 0.330 e. The number of esters is 1. The molecule has 0 aromatic heterocycles. The Bertz CT molecular complexity index is 450. The third-order valence-electron chi connectivity index (χ3n) is 2.25. The summed E-state index contributed by atoms with van der Waals surface area (Å²) in [5.41, 5.74) is 1.13. The van der Waals surface area contributed by atoms with Crippen molar-refractivity contribution in [2.75, 3.05) is 6.61 Å². The van der Waals surface area contributed by atoms with Gasteiger partial charge < -0.3 is 4.74 Å². The van der Waals surface area contributed by atoms with Crippen LogP contribution in [0.5, 0.6) is 0 Å². The van der Waals surface area contributed by atoms with Crippen molar-refractivity contribution in [3.63, 3.8) is 0 Å². The molecule has 0 heterocycles. The third kappa shape index (κ3) is 5.53. The molecule has 0 saturated heterocycles. The van der Waals surface area contributed by atoms with E-state index < -0.39 is 0 Å². The van der Waals surface area contributed by atoms with Gasteiger partial charge in [0.1, 0.15) is 0 Å². The maximum Gasteiger partial charge on any atom is 0.330 e. The second-order valence-electron chi connectivity index (χ2n) is 3.59. The summed E-state index contributed by atoms with van der Waals surface area (Å²) in [6.45, 7) is 2.13. The van der Waals surface area contributed by atoms with E-state index in [9.17, 15) is 4.79 Å². The van der Waals surface area contributed by atoms with Crippen molar-refractivity contribution in [2.24, 2.45) is 4.99 Å². The largest absolute Gasteiger partial charge is 0.463 e. The molecule has 0 amide bonds. The van der Waals surface area contributed by atoms with Crippen LogP contribution in [0.1, 0.15) is 12.5 Å². The Morgan fingerprint density at radius 1 is 1.50 bits per heavy atom. The van der Waals surface area contributed by atoms with Crippen molar-refractivity contribution >= 4 is 23.3 Å². The summed E-state index contributed by atoms with van der Waals surface area (Å²) in [6, 6.07) is 9.70. The molecule has 1 unspecified atom stereocenters. The Morgan fingerprint density at radius 3 is 2.83 bits per heavy atom. The van der Waals surface area contributed by atoms with E-state index in [0.29, 0.717) is 13.0 Å². The summed E-state index contributed by atoms with van der Waals surface area (Å²) in [7, 11) is 0. The molecule has 0 aliphatic carbocycles. The highest BCUT2D eigenvalue weighted by Gasteiger charge is 2.04. The van der Waals surface area contributed by atoms with Crippen LogP contribution < -0.4 is 0 Å². The molecule has 0 radical (unpaired) electrons. The molecule has 94 valence electrons. The molecule has 1 aromatic carbocycles. The molecule has 0 aliphatic heterocycles. The van der Waals surface area contributed by atoms with E-state index in [1.165, 1.54) is 6.08 Å². The van der Waals surface area contributed by atoms with Crippen molar-refractivity contribution < 1.29 is 9.53 Å². The second-order valence-corrected chi connectivity index (χ2v) is 3.77. The lowest BCUT2D eigenvalue weighted by Gasteiger charge is -2.05. The van der Waals surface area contributed by atoms with Crippen molar-refractivity contribution in [1.29, 1.82) is 0 Å². The van der Waals surface area contributed by atoms with E-state index in [-0.39, 0.29) is 12.0 Å². The number of hydrogen-bond acceptors (Lipinski definition) is 4. The van der Waals surface area contributed by atoms with Crippen LogP contribution >= 0.6 is 12.2 Å². The summed E-state index contributed by atoms with van der Waals surface area (Å²) in [6.07, 6.45) is 3.75. The number of carbonyl (C=O) groups is 1. The monoisotopic (exact) mass is 261 g/mol. The quantitative estimate of drug-likeness (QED) is 0.342. The minimum absolute atomic E-state index is 0.186. The number of isothiocyanates is 1. The maximum atomic E-state index is 11.2. The minimum Gasteiger partial charge on any atom is -0.463 e. The molecule has 1 atom stereocenters. The fourth-order valence-corrected chi connectivity index (χ4v) is 1.60. The van der Waals surface area contributed by atoms with Crippen LogP contribution in [0.2, 0.25) is 0 Å². The molecule has 1 rings (SSSR count). The van der Waals surface area contributed by atoms with E-state index in [2.05, 4.69) is 22.4 Å². The van der Waals surface area contributed by atoms with Crippen LogP contribution in [0.15, 0.2) is 47.5 Å². The first-order valence-electron chi connectivity index (χ1n) is 5.72.